The molecule has 0 radical (unpaired) electrons. The van der Waals surface area contributed by atoms with E-state index in [0.29, 0.717) is 16.7 Å². The summed E-state index contributed by atoms with van der Waals surface area (Å²) in [6.45, 7) is 16.1. The quantitative estimate of drug-likeness (QED) is 0.0517. The monoisotopic (exact) mass is 731 g/mol. The van der Waals surface area contributed by atoms with Crippen molar-refractivity contribution in [3.63, 3.8) is 0 Å². The van der Waals surface area contributed by atoms with Gasteiger partial charge in [-0.3, -0.25) is 19.2 Å². The molecule has 5 aromatic rings. The van der Waals surface area contributed by atoms with Crippen molar-refractivity contribution in [2.45, 2.75) is 60.4 Å². The van der Waals surface area contributed by atoms with Crippen molar-refractivity contribution in [1.82, 2.24) is 0 Å². The van der Waals surface area contributed by atoms with Crippen molar-refractivity contribution >= 4 is 43.0 Å². The lowest BCUT2D eigenvalue weighted by Gasteiger charge is -2.21. The topological polar surface area (TPSA) is 101 Å². The molecule has 1 unspecified atom stereocenters. The van der Waals surface area contributed by atoms with Crippen LogP contribution in [0.1, 0.15) is 80.9 Å². The molecule has 0 aliphatic rings. The fourth-order valence-corrected chi connectivity index (χ4v) is 5.29. The molecule has 0 N–H and O–H groups in total. The zero-order valence-electron chi connectivity index (χ0n) is 31.1. The van der Waals surface area contributed by atoms with Gasteiger partial charge in [0.1, 0.15) is 6.29 Å². The highest BCUT2D eigenvalue weighted by molar-refractivity contribution is 6.69. The standard InChI is InChI=1S/C16H14O2.C12H17NOSi.C8H7ClO.C8H8O/c1-11-3-7-13(8-4-11)15(17)16(18)14-9-5-12(2)6-10-14;1-10-5-7-11(8-6-10)12(9-13)14-15(2,3)4;1-6-2-4-7(5-3-6)8(9)10;1-7-2-4-8(6-9)5-3-7/h3-10H,1-2H3;5-8,12H,1-4H3;2-5H,1H3;2-6H,1H3. The lowest BCUT2D eigenvalue weighted by atomic mass is 10.00. The van der Waals surface area contributed by atoms with Crippen LogP contribution >= 0.6 is 11.6 Å². The van der Waals surface area contributed by atoms with Crippen LogP contribution in [0.3, 0.4) is 0 Å². The van der Waals surface area contributed by atoms with Crippen LogP contribution in [0.2, 0.25) is 19.6 Å². The van der Waals surface area contributed by atoms with E-state index in [1.165, 1.54) is 11.1 Å². The first-order chi connectivity index (χ1) is 24.5. The van der Waals surface area contributed by atoms with Crippen molar-refractivity contribution in [1.29, 1.82) is 5.26 Å². The Balaban J connectivity index is 0.000000249. The Kier molecular flexibility index (Phi) is 17.5. The number of ketones is 2. The molecular formula is C44H46ClNO5Si. The van der Waals surface area contributed by atoms with E-state index in [1.54, 1.807) is 36.4 Å². The number of carbonyl (C=O) groups is 4. The maximum absolute atomic E-state index is 12.0. The summed E-state index contributed by atoms with van der Waals surface area (Å²) in [6.07, 6.45) is 0.427. The molecule has 5 aromatic carbocycles. The number of benzene rings is 5. The van der Waals surface area contributed by atoms with Crippen molar-refractivity contribution in [3.05, 3.63) is 177 Å². The van der Waals surface area contributed by atoms with Gasteiger partial charge in [0.05, 0.1) is 6.07 Å². The summed E-state index contributed by atoms with van der Waals surface area (Å²) in [5.41, 5.74) is 8.74. The molecular weight excluding hydrogens is 686 g/mol. The molecule has 52 heavy (non-hydrogen) atoms. The lowest BCUT2D eigenvalue weighted by molar-refractivity contribution is 0.0817. The second kappa shape index (κ2) is 21.2. The van der Waals surface area contributed by atoms with E-state index in [0.717, 1.165) is 34.1 Å². The zero-order valence-corrected chi connectivity index (χ0v) is 32.8. The summed E-state index contributed by atoms with van der Waals surface area (Å²) in [5, 5.41) is 8.66. The van der Waals surface area contributed by atoms with Crippen LogP contribution in [0.4, 0.5) is 0 Å². The molecule has 0 heterocycles. The summed E-state index contributed by atoms with van der Waals surface area (Å²) in [5.74, 6) is -0.919. The van der Waals surface area contributed by atoms with E-state index >= 15 is 0 Å². The molecule has 0 bridgehead atoms. The number of hydrogen-bond acceptors (Lipinski definition) is 6. The highest BCUT2D eigenvalue weighted by Crippen LogP contribution is 2.22. The zero-order chi connectivity index (χ0) is 38.8. The van der Waals surface area contributed by atoms with Gasteiger partial charge in [0, 0.05) is 22.3 Å². The summed E-state index contributed by atoms with van der Waals surface area (Å²) >= 11 is 5.22. The molecule has 0 spiro atoms. The fraction of sp³-hybridized carbons (Fsp3) is 0.205. The van der Waals surface area contributed by atoms with Gasteiger partial charge >= 0.3 is 0 Å². The molecule has 0 aromatic heterocycles. The highest BCUT2D eigenvalue weighted by Gasteiger charge is 2.22. The Hall–Kier alpha value is -5.26. The Labute approximate surface area is 314 Å². The molecule has 6 nitrogen and oxygen atoms in total. The number of carbonyl (C=O) groups excluding carboxylic acids is 4. The highest BCUT2D eigenvalue weighted by atomic mass is 35.5. The van der Waals surface area contributed by atoms with Crippen LogP contribution in [-0.2, 0) is 4.43 Å². The van der Waals surface area contributed by atoms with Crippen LogP contribution in [0.25, 0.3) is 0 Å². The van der Waals surface area contributed by atoms with E-state index in [1.807, 2.05) is 120 Å². The maximum Gasteiger partial charge on any atom is 0.252 e. The molecule has 0 aliphatic carbocycles. The van der Waals surface area contributed by atoms with Gasteiger partial charge in [0.25, 0.3) is 5.24 Å². The van der Waals surface area contributed by atoms with Crippen molar-refractivity contribution < 1.29 is 23.6 Å². The van der Waals surface area contributed by atoms with Crippen molar-refractivity contribution in [2.75, 3.05) is 0 Å². The third-order valence-corrected chi connectivity index (χ3v) is 8.46. The minimum absolute atomic E-state index is 0.403. The first-order valence-corrected chi connectivity index (χ1v) is 20.5. The molecule has 0 amide bonds. The first-order valence-electron chi connectivity index (χ1n) is 16.7. The Morgan fingerprint density at radius 1 is 0.577 bits per heavy atom. The number of halogens is 1. The fourth-order valence-electron chi connectivity index (χ4n) is 4.27. The van der Waals surface area contributed by atoms with Gasteiger partial charge in [-0.05, 0) is 83.6 Å². The van der Waals surface area contributed by atoms with Gasteiger partial charge < -0.3 is 4.43 Å². The number of Topliss-reactive ketones (excluding diaryl/α,β-unsaturated/α-hetero) is 2. The Morgan fingerprint density at radius 2 is 0.885 bits per heavy atom. The van der Waals surface area contributed by atoms with Crippen LogP contribution in [-0.4, -0.2) is 31.4 Å². The van der Waals surface area contributed by atoms with E-state index in [-0.39, 0.29) is 0 Å². The van der Waals surface area contributed by atoms with Crippen LogP contribution < -0.4 is 0 Å². The molecule has 5 rings (SSSR count). The minimum atomic E-state index is -1.66. The molecule has 0 fully saturated rings. The molecule has 1 atom stereocenters. The predicted octanol–water partition coefficient (Wildman–Crippen LogP) is 11.0. The van der Waals surface area contributed by atoms with Gasteiger partial charge in [-0.2, -0.15) is 5.26 Å². The number of nitriles is 1. The van der Waals surface area contributed by atoms with Crippen LogP contribution in [0.5, 0.6) is 0 Å². The van der Waals surface area contributed by atoms with E-state index in [4.69, 9.17) is 21.3 Å². The van der Waals surface area contributed by atoms with Crippen LogP contribution in [0, 0.1) is 45.9 Å². The molecule has 0 saturated carbocycles. The predicted molar refractivity (Wildman–Crippen MR) is 213 cm³/mol. The van der Waals surface area contributed by atoms with E-state index < -0.39 is 31.2 Å². The van der Waals surface area contributed by atoms with Gasteiger partial charge in [0.15, 0.2) is 14.4 Å². The van der Waals surface area contributed by atoms with Gasteiger partial charge in [-0.1, -0.05) is 137 Å². The number of aryl methyl sites for hydroxylation is 5. The molecule has 0 aliphatic heterocycles. The average molecular weight is 732 g/mol. The third kappa shape index (κ3) is 15.7. The summed E-state index contributed by atoms with van der Waals surface area (Å²) in [7, 11) is -1.66. The number of aldehydes is 1. The minimum Gasteiger partial charge on any atom is -0.399 e. The maximum atomic E-state index is 12.0. The lowest BCUT2D eigenvalue weighted by Crippen LogP contribution is -2.27. The molecule has 8 heteroatoms. The second-order valence-corrected chi connectivity index (χ2v) is 18.0. The number of hydrogen-bond donors (Lipinski definition) is 0. The first kappa shape index (κ1) is 42.9. The summed E-state index contributed by atoms with van der Waals surface area (Å²) < 4.78 is 5.79. The van der Waals surface area contributed by atoms with Gasteiger partial charge in [0.2, 0.25) is 11.6 Å². The van der Waals surface area contributed by atoms with Crippen LogP contribution in [0.15, 0.2) is 121 Å². The third-order valence-electron chi connectivity index (χ3n) is 7.29. The number of nitrogens with zero attached hydrogens (tertiary/aromatic N) is 1. The smallest absolute Gasteiger partial charge is 0.252 e. The molecule has 0 saturated heterocycles. The van der Waals surface area contributed by atoms with Gasteiger partial charge in [-0.25, -0.2) is 0 Å². The number of rotatable bonds is 8. The SMILES string of the molecule is Cc1ccc(C(=O)C(=O)c2ccc(C)cc2)cc1.Cc1ccc(C(=O)Cl)cc1.Cc1ccc(C(C#N)O[Si](C)(C)C)cc1.Cc1ccc(C=O)cc1. The molecule has 268 valence electrons. The normalized spacial score (nSPS) is 10.7. The Bertz CT molecular complexity index is 1880. The van der Waals surface area contributed by atoms with Crippen molar-refractivity contribution in [2.24, 2.45) is 0 Å². The average Bonchev–Trinajstić information content (AvgIpc) is 3.12. The van der Waals surface area contributed by atoms with Crippen molar-refractivity contribution in [3.8, 4) is 6.07 Å². The Morgan fingerprint density at radius 3 is 1.17 bits per heavy atom. The van der Waals surface area contributed by atoms with E-state index in [9.17, 15) is 19.2 Å². The van der Waals surface area contributed by atoms with Gasteiger partial charge in [-0.15, -0.1) is 0 Å². The summed E-state index contributed by atoms with van der Waals surface area (Å²) in [4.78, 5) is 44.6. The largest absolute Gasteiger partial charge is 0.399 e. The second-order valence-electron chi connectivity index (χ2n) is 13.2. The summed E-state index contributed by atoms with van der Waals surface area (Å²) in [6, 6.07) is 38.8. The van der Waals surface area contributed by atoms with E-state index in [2.05, 4.69) is 25.7 Å².